The molecule has 0 spiro atoms. The van der Waals surface area contributed by atoms with Crippen LogP contribution in [-0.2, 0) is 4.43 Å². The minimum Gasteiger partial charge on any atom is -0.547 e. The molecule has 0 unspecified atom stereocenters. The molecule has 2 heteroatoms. The molecule has 0 aromatic carbocycles. The SMILES string of the molecule is C=C[C@H]1CC[C@H]2[C@@H]1C(O[Si](C)(C)C)=C[C@H]1[C@H](C(C)C)CC[C@@]12C. The Morgan fingerprint density at radius 3 is 2.52 bits per heavy atom. The van der Waals surface area contributed by atoms with Crippen LogP contribution in [-0.4, -0.2) is 8.32 Å². The Morgan fingerprint density at radius 1 is 1.26 bits per heavy atom. The zero-order valence-electron chi connectivity index (χ0n) is 16.1. The summed E-state index contributed by atoms with van der Waals surface area (Å²) in [6, 6.07) is 0. The smallest absolute Gasteiger partial charge is 0.241 e. The van der Waals surface area contributed by atoms with E-state index in [0.29, 0.717) is 17.3 Å². The van der Waals surface area contributed by atoms with Crippen LogP contribution in [0.15, 0.2) is 24.5 Å². The predicted molar refractivity (Wildman–Crippen MR) is 102 cm³/mol. The maximum absolute atomic E-state index is 6.66. The van der Waals surface area contributed by atoms with E-state index in [-0.39, 0.29) is 0 Å². The van der Waals surface area contributed by atoms with E-state index in [9.17, 15) is 0 Å². The van der Waals surface area contributed by atoms with Crippen LogP contribution >= 0.6 is 0 Å². The molecule has 3 rings (SSSR count). The molecule has 0 bridgehead atoms. The van der Waals surface area contributed by atoms with Gasteiger partial charge in [-0.25, -0.2) is 0 Å². The van der Waals surface area contributed by atoms with Crippen molar-refractivity contribution in [2.75, 3.05) is 0 Å². The van der Waals surface area contributed by atoms with E-state index >= 15 is 0 Å². The second-order valence-corrected chi connectivity index (χ2v) is 14.3. The summed E-state index contributed by atoms with van der Waals surface area (Å²) in [5.74, 6) is 5.72. The lowest BCUT2D eigenvalue weighted by Crippen LogP contribution is -2.43. The number of rotatable bonds is 4. The Kier molecular flexibility index (Phi) is 4.36. The first kappa shape index (κ1) is 17.3. The summed E-state index contributed by atoms with van der Waals surface area (Å²) in [7, 11) is -1.57. The minimum absolute atomic E-state index is 0.490. The van der Waals surface area contributed by atoms with Gasteiger partial charge in [0.25, 0.3) is 0 Å². The average molecular weight is 333 g/mol. The zero-order valence-corrected chi connectivity index (χ0v) is 17.1. The summed E-state index contributed by atoms with van der Waals surface area (Å²) >= 11 is 0. The lowest BCUT2D eigenvalue weighted by molar-refractivity contribution is 0.0610. The van der Waals surface area contributed by atoms with Crippen molar-refractivity contribution < 1.29 is 4.43 Å². The minimum atomic E-state index is -1.57. The quantitative estimate of drug-likeness (QED) is 0.436. The molecule has 2 saturated carbocycles. The first-order valence-corrected chi connectivity index (χ1v) is 13.1. The third-order valence-corrected chi connectivity index (χ3v) is 7.90. The highest BCUT2D eigenvalue weighted by Gasteiger charge is 2.58. The van der Waals surface area contributed by atoms with Gasteiger partial charge in [0, 0.05) is 5.92 Å². The monoisotopic (exact) mass is 332 g/mol. The van der Waals surface area contributed by atoms with E-state index in [0.717, 1.165) is 23.7 Å². The molecule has 3 aliphatic rings. The second-order valence-electron chi connectivity index (χ2n) is 9.87. The first-order valence-electron chi connectivity index (χ1n) is 9.70. The molecule has 2 fully saturated rings. The van der Waals surface area contributed by atoms with Crippen LogP contribution in [0.2, 0.25) is 19.6 Å². The summed E-state index contributed by atoms with van der Waals surface area (Å²) in [5.41, 5.74) is 0.490. The number of allylic oxidation sites excluding steroid dienone is 3. The zero-order chi connectivity index (χ0) is 17.0. The lowest BCUT2D eigenvalue weighted by atomic mass is 9.59. The van der Waals surface area contributed by atoms with E-state index < -0.39 is 8.32 Å². The topological polar surface area (TPSA) is 9.23 Å². The number of hydrogen-bond donors (Lipinski definition) is 0. The Morgan fingerprint density at radius 2 is 1.96 bits per heavy atom. The van der Waals surface area contributed by atoms with Gasteiger partial charge in [-0.2, -0.15) is 0 Å². The van der Waals surface area contributed by atoms with Gasteiger partial charge in [-0.15, -0.1) is 6.58 Å². The van der Waals surface area contributed by atoms with Crippen molar-refractivity contribution in [2.24, 2.45) is 40.9 Å². The van der Waals surface area contributed by atoms with Gasteiger partial charge in [0.05, 0.1) is 5.76 Å². The molecule has 0 heterocycles. The fourth-order valence-corrected chi connectivity index (χ4v) is 6.91. The van der Waals surface area contributed by atoms with Crippen molar-refractivity contribution >= 4 is 8.32 Å². The summed E-state index contributed by atoms with van der Waals surface area (Å²) in [6.45, 7) is 18.5. The van der Waals surface area contributed by atoms with Crippen LogP contribution in [0, 0.1) is 40.9 Å². The van der Waals surface area contributed by atoms with Gasteiger partial charge < -0.3 is 4.43 Å². The molecule has 0 amide bonds. The fraction of sp³-hybridized carbons (Fsp3) is 0.810. The van der Waals surface area contributed by atoms with E-state index in [1.54, 1.807) is 0 Å². The highest BCUT2D eigenvalue weighted by atomic mass is 28.4. The Labute approximate surface area is 144 Å². The van der Waals surface area contributed by atoms with Crippen molar-refractivity contribution in [2.45, 2.75) is 66.1 Å². The standard InChI is InChI=1S/C21H36OSi/c1-8-15-9-10-17-20(15)19(22-23(5,6)7)13-18-16(14(2)3)11-12-21(17,18)4/h8,13-18,20H,1,9-12H2,2-7H3/t15-,16-,17-,18-,20+,21+/m0/s1. The van der Waals surface area contributed by atoms with Crippen LogP contribution in [0.3, 0.4) is 0 Å². The third-order valence-electron chi connectivity index (χ3n) is 7.05. The maximum Gasteiger partial charge on any atom is 0.241 e. The molecule has 0 saturated heterocycles. The van der Waals surface area contributed by atoms with Gasteiger partial charge in [-0.3, -0.25) is 0 Å². The number of hydrogen-bond acceptors (Lipinski definition) is 1. The molecular formula is C21H36OSi. The van der Waals surface area contributed by atoms with Gasteiger partial charge in [-0.05, 0) is 86.4 Å². The molecule has 130 valence electrons. The Hall–Kier alpha value is -0.503. The van der Waals surface area contributed by atoms with Crippen molar-refractivity contribution in [1.29, 1.82) is 0 Å². The van der Waals surface area contributed by atoms with Crippen LogP contribution in [0.1, 0.15) is 46.5 Å². The van der Waals surface area contributed by atoms with Gasteiger partial charge in [-0.1, -0.05) is 26.8 Å². The number of fused-ring (bicyclic) bond motifs is 3. The summed E-state index contributed by atoms with van der Waals surface area (Å²) in [4.78, 5) is 0. The maximum atomic E-state index is 6.66. The molecular weight excluding hydrogens is 296 g/mol. The molecule has 3 aliphatic carbocycles. The fourth-order valence-electron chi connectivity index (χ4n) is 5.99. The van der Waals surface area contributed by atoms with Gasteiger partial charge in [0.15, 0.2) is 0 Å². The van der Waals surface area contributed by atoms with Crippen LogP contribution < -0.4 is 0 Å². The van der Waals surface area contributed by atoms with Crippen molar-refractivity contribution in [3.05, 3.63) is 24.5 Å². The van der Waals surface area contributed by atoms with Crippen LogP contribution in [0.5, 0.6) is 0 Å². The van der Waals surface area contributed by atoms with Crippen molar-refractivity contribution in [3.63, 3.8) is 0 Å². The lowest BCUT2D eigenvalue weighted by Gasteiger charge is -2.48. The van der Waals surface area contributed by atoms with Gasteiger partial charge in [0.2, 0.25) is 8.32 Å². The third kappa shape index (κ3) is 2.86. The van der Waals surface area contributed by atoms with E-state index in [1.807, 2.05) is 0 Å². The van der Waals surface area contributed by atoms with Crippen molar-refractivity contribution in [3.8, 4) is 0 Å². The molecule has 0 aromatic rings. The first-order chi connectivity index (χ1) is 10.7. The predicted octanol–water partition coefficient (Wildman–Crippen LogP) is 6.25. The Bertz CT molecular complexity index is 500. The van der Waals surface area contributed by atoms with Crippen LogP contribution in [0.4, 0.5) is 0 Å². The van der Waals surface area contributed by atoms with E-state index in [1.165, 1.54) is 31.4 Å². The second kappa shape index (κ2) is 5.79. The Balaban J connectivity index is 2.03. The molecule has 0 N–H and O–H groups in total. The molecule has 23 heavy (non-hydrogen) atoms. The molecule has 0 aromatic heterocycles. The van der Waals surface area contributed by atoms with E-state index in [2.05, 4.69) is 59.1 Å². The molecule has 1 nitrogen and oxygen atoms in total. The van der Waals surface area contributed by atoms with Crippen molar-refractivity contribution in [1.82, 2.24) is 0 Å². The van der Waals surface area contributed by atoms with E-state index in [4.69, 9.17) is 4.43 Å². The van der Waals surface area contributed by atoms with Crippen LogP contribution in [0.25, 0.3) is 0 Å². The summed E-state index contributed by atoms with van der Waals surface area (Å²) in [6.07, 6.45) is 10.3. The average Bonchev–Trinajstić information content (AvgIpc) is 2.99. The summed E-state index contributed by atoms with van der Waals surface area (Å²) < 4.78 is 6.66. The molecule has 0 aliphatic heterocycles. The normalized spacial score (nSPS) is 43.1. The highest BCUT2D eigenvalue weighted by molar-refractivity contribution is 6.70. The molecule has 0 radical (unpaired) electrons. The van der Waals surface area contributed by atoms with Gasteiger partial charge in [0.1, 0.15) is 0 Å². The highest BCUT2D eigenvalue weighted by Crippen LogP contribution is 2.64. The largest absolute Gasteiger partial charge is 0.547 e. The van der Waals surface area contributed by atoms with Gasteiger partial charge >= 0.3 is 0 Å². The molecule has 6 atom stereocenters. The summed E-state index contributed by atoms with van der Waals surface area (Å²) in [5, 5.41) is 0.